The first-order valence-corrected chi connectivity index (χ1v) is 9.41. The summed E-state index contributed by atoms with van der Waals surface area (Å²) in [5.74, 6) is -0.00460. The van der Waals surface area contributed by atoms with Crippen LogP contribution in [0.1, 0.15) is 38.2 Å². The number of nitriles is 1. The number of carbonyl (C=O) groups is 2. The molecule has 2 heterocycles. The van der Waals surface area contributed by atoms with E-state index in [0.29, 0.717) is 18.5 Å². The monoisotopic (exact) mass is 354 g/mol. The van der Waals surface area contributed by atoms with Crippen LogP contribution in [-0.2, 0) is 9.59 Å². The molecule has 2 fully saturated rings. The van der Waals surface area contributed by atoms with E-state index in [9.17, 15) is 9.59 Å². The predicted molar refractivity (Wildman–Crippen MR) is 99.6 cm³/mol. The fourth-order valence-corrected chi connectivity index (χ4v) is 3.73. The Morgan fingerprint density at radius 3 is 2.54 bits per heavy atom. The molecule has 0 bridgehead atoms. The molecule has 2 aliphatic rings. The third kappa shape index (κ3) is 4.23. The van der Waals surface area contributed by atoms with Gasteiger partial charge in [-0.1, -0.05) is 6.42 Å². The Balaban J connectivity index is 1.57. The molecule has 6 nitrogen and oxygen atoms in total. The average molecular weight is 354 g/mol. The van der Waals surface area contributed by atoms with Gasteiger partial charge in [-0.3, -0.25) is 9.59 Å². The molecule has 1 unspecified atom stereocenters. The molecule has 2 saturated heterocycles. The van der Waals surface area contributed by atoms with Gasteiger partial charge < -0.3 is 14.7 Å². The summed E-state index contributed by atoms with van der Waals surface area (Å²) in [6.45, 7) is 5.54. The molecule has 0 radical (unpaired) electrons. The lowest BCUT2D eigenvalue weighted by Crippen LogP contribution is -2.57. The number of hydrogen-bond donors (Lipinski definition) is 0. The zero-order valence-corrected chi connectivity index (χ0v) is 15.4. The number of likely N-dealkylation sites (tertiary alicyclic amines) is 1. The highest BCUT2D eigenvalue weighted by molar-refractivity contribution is 5.98. The number of piperazine rings is 1. The highest BCUT2D eigenvalue weighted by Crippen LogP contribution is 2.21. The molecule has 0 saturated carbocycles. The summed E-state index contributed by atoms with van der Waals surface area (Å²) in [6, 6.07) is 9.06. The van der Waals surface area contributed by atoms with E-state index < -0.39 is 0 Å². The second-order valence-corrected chi connectivity index (χ2v) is 7.19. The summed E-state index contributed by atoms with van der Waals surface area (Å²) in [5.41, 5.74) is 1.35. The zero-order chi connectivity index (χ0) is 18.5. The number of amides is 2. The van der Waals surface area contributed by atoms with E-state index in [-0.39, 0.29) is 24.4 Å². The molecule has 3 rings (SSSR count). The zero-order valence-electron chi connectivity index (χ0n) is 15.4. The van der Waals surface area contributed by atoms with Gasteiger partial charge in [0.2, 0.25) is 11.8 Å². The lowest BCUT2D eigenvalue weighted by Gasteiger charge is -2.39. The normalized spacial score (nSPS) is 21.5. The van der Waals surface area contributed by atoms with Gasteiger partial charge in [-0.15, -0.1) is 0 Å². The quantitative estimate of drug-likeness (QED) is 0.829. The molecular weight excluding hydrogens is 328 g/mol. The van der Waals surface area contributed by atoms with E-state index in [4.69, 9.17) is 5.26 Å². The lowest BCUT2D eigenvalue weighted by atomic mass is 10.1. The number of anilines is 1. The van der Waals surface area contributed by atoms with Crippen LogP contribution in [0.25, 0.3) is 0 Å². The van der Waals surface area contributed by atoms with Crippen molar-refractivity contribution in [3.63, 3.8) is 0 Å². The summed E-state index contributed by atoms with van der Waals surface area (Å²) >= 11 is 0. The summed E-state index contributed by atoms with van der Waals surface area (Å²) in [7, 11) is 0. The molecule has 1 aromatic carbocycles. The summed E-state index contributed by atoms with van der Waals surface area (Å²) in [6.07, 6.45) is 4.19. The number of piperidine rings is 1. The van der Waals surface area contributed by atoms with E-state index in [2.05, 4.69) is 11.0 Å². The first-order chi connectivity index (χ1) is 12.6. The predicted octanol–water partition coefficient (Wildman–Crippen LogP) is 2.00. The molecule has 2 aliphatic heterocycles. The highest BCUT2D eigenvalue weighted by atomic mass is 16.2. The van der Waals surface area contributed by atoms with Gasteiger partial charge in [0, 0.05) is 31.2 Å². The average Bonchev–Trinajstić information content (AvgIpc) is 2.68. The van der Waals surface area contributed by atoms with Crippen molar-refractivity contribution in [2.75, 3.05) is 37.6 Å². The number of rotatable bonds is 4. The summed E-state index contributed by atoms with van der Waals surface area (Å²) < 4.78 is 0. The minimum absolute atomic E-state index is 0.0165. The molecule has 0 aromatic heterocycles. The van der Waals surface area contributed by atoms with Gasteiger partial charge >= 0.3 is 0 Å². The van der Waals surface area contributed by atoms with Crippen LogP contribution in [0.5, 0.6) is 0 Å². The van der Waals surface area contributed by atoms with E-state index in [0.717, 1.165) is 25.3 Å². The van der Waals surface area contributed by atoms with Crippen LogP contribution >= 0.6 is 0 Å². The molecule has 6 heteroatoms. The van der Waals surface area contributed by atoms with Crippen molar-refractivity contribution in [1.82, 2.24) is 9.80 Å². The summed E-state index contributed by atoms with van der Waals surface area (Å²) in [5, 5.41) is 8.90. The van der Waals surface area contributed by atoms with Gasteiger partial charge in [0.15, 0.2) is 0 Å². The van der Waals surface area contributed by atoms with Crippen LogP contribution in [0.4, 0.5) is 5.69 Å². The van der Waals surface area contributed by atoms with Crippen LogP contribution in [0, 0.1) is 11.3 Å². The minimum atomic E-state index is -0.0702. The Kier molecular flexibility index (Phi) is 5.89. The standard InChI is InChI=1S/C20H26N4O2/c1-16-14-24(18-7-5-17(13-21)6-8-18)20(26)15-23(16)19(25)9-12-22-10-3-2-4-11-22/h5-8,16H,2-4,9-12,14-15H2,1H3. The van der Waals surface area contributed by atoms with Crippen molar-refractivity contribution >= 4 is 17.5 Å². The number of benzene rings is 1. The second kappa shape index (κ2) is 8.33. The van der Waals surface area contributed by atoms with Crippen molar-refractivity contribution in [2.45, 2.75) is 38.6 Å². The molecule has 26 heavy (non-hydrogen) atoms. The fourth-order valence-electron chi connectivity index (χ4n) is 3.73. The molecule has 0 spiro atoms. The fraction of sp³-hybridized carbons (Fsp3) is 0.550. The van der Waals surface area contributed by atoms with Crippen LogP contribution < -0.4 is 4.90 Å². The van der Waals surface area contributed by atoms with Gasteiger partial charge in [0.05, 0.1) is 11.6 Å². The Hall–Kier alpha value is -2.39. The van der Waals surface area contributed by atoms with Crippen LogP contribution in [0.15, 0.2) is 24.3 Å². The van der Waals surface area contributed by atoms with Gasteiger partial charge in [-0.25, -0.2) is 0 Å². The first-order valence-electron chi connectivity index (χ1n) is 9.41. The lowest BCUT2D eigenvalue weighted by molar-refractivity contribution is -0.139. The minimum Gasteiger partial charge on any atom is -0.329 e. The van der Waals surface area contributed by atoms with Crippen molar-refractivity contribution in [2.24, 2.45) is 0 Å². The van der Waals surface area contributed by atoms with E-state index >= 15 is 0 Å². The topological polar surface area (TPSA) is 67.6 Å². The van der Waals surface area contributed by atoms with E-state index in [1.54, 1.807) is 34.1 Å². The third-order valence-corrected chi connectivity index (χ3v) is 5.30. The number of carbonyl (C=O) groups excluding carboxylic acids is 2. The Morgan fingerprint density at radius 2 is 1.88 bits per heavy atom. The maximum absolute atomic E-state index is 12.6. The van der Waals surface area contributed by atoms with Gasteiger partial charge in [0.25, 0.3) is 0 Å². The third-order valence-electron chi connectivity index (χ3n) is 5.30. The number of nitrogens with zero attached hydrogens (tertiary/aromatic N) is 4. The van der Waals surface area contributed by atoms with Gasteiger partial charge in [-0.05, 0) is 57.1 Å². The molecule has 138 valence electrons. The summed E-state index contributed by atoms with van der Waals surface area (Å²) in [4.78, 5) is 31.0. The van der Waals surface area contributed by atoms with Crippen molar-refractivity contribution in [3.05, 3.63) is 29.8 Å². The highest BCUT2D eigenvalue weighted by Gasteiger charge is 2.33. The molecule has 0 N–H and O–H groups in total. The van der Waals surface area contributed by atoms with Crippen molar-refractivity contribution in [3.8, 4) is 6.07 Å². The second-order valence-electron chi connectivity index (χ2n) is 7.19. The van der Waals surface area contributed by atoms with Gasteiger partial charge in [0.1, 0.15) is 6.54 Å². The van der Waals surface area contributed by atoms with Crippen LogP contribution in [-0.4, -0.2) is 60.4 Å². The SMILES string of the molecule is CC1CN(c2ccc(C#N)cc2)C(=O)CN1C(=O)CCN1CCCCC1. The molecule has 1 aromatic rings. The van der Waals surface area contributed by atoms with Gasteiger partial charge in [-0.2, -0.15) is 5.26 Å². The molecular formula is C20H26N4O2. The Bertz CT molecular complexity index is 689. The van der Waals surface area contributed by atoms with E-state index in [1.165, 1.54) is 19.3 Å². The van der Waals surface area contributed by atoms with E-state index in [1.807, 2.05) is 6.92 Å². The Morgan fingerprint density at radius 1 is 1.19 bits per heavy atom. The molecule has 1 atom stereocenters. The Labute approximate surface area is 155 Å². The van der Waals surface area contributed by atoms with Crippen molar-refractivity contribution in [1.29, 1.82) is 5.26 Å². The first kappa shape index (κ1) is 18.4. The smallest absolute Gasteiger partial charge is 0.246 e. The maximum Gasteiger partial charge on any atom is 0.246 e. The number of hydrogen-bond acceptors (Lipinski definition) is 4. The maximum atomic E-state index is 12.6. The molecule has 0 aliphatic carbocycles. The van der Waals surface area contributed by atoms with Crippen LogP contribution in [0.3, 0.4) is 0 Å². The largest absolute Gasteiger partial charge is 0.329 e. The van der Waals surface area contributed by atoms with Crippen molar-refractivity contribution < 1.29 is 9.59 Å². The molecule has 2 amide bonds. The van der Waals surface area contributed by atoms with Crippen LogP contribution in [0.2, 0.25) is 0 Å².